The minimum atomic E-state index is -0.853. The van der Waals surface area contributed by atoms with Crippen molar-refractivity contribution in [2.24, 2.45) is 0 Å². The van der Waals surface area contributed by atoms with Crippen LogP contribution in [0.5, 0.6) is 0 Å². The highest BCUT2D eigenvalue weighted by atomic mass is 16.4. The zero-order valence-corrected chi connectivity index (χ0v) is 11.3. The molecule has 18 heavy (non-hydrogen) atoms. The first-order valence-corrected chi connectivity index (χ1v) is 6.33. The molecule has 0 aliphatic heterocycles. The summed E-state index contributed by atoms with van der Waals surface area (Å²) in [4.78, 5) is 11.2. The van der Waals surface area contributed by atoms with E-state index < -0.39 is 5.97 Å². The van der Waals surface area contributed by atoms with Crippen molar-refractivity contribution in [1.82, 2.24) is 4.57 Å². The van der Waals surface area contributed by atoms with E-state index >= 15 is 0 Å². The van der Waals surface area contributed by atoms with Crippen LogP contribution in [0, 0.1) is 6.92 Å². The van der Waals surface area contributed by atoms with Crippen LogP contribution in [0.1, 0.15) is 48.3 Å². The first-order chi connectivity index (χ1) is 8.45. The summed E-state index contributed by atoms with van der Waals surface area (Å²) in [6.07, 6.45) is 3.05. The summed E-state index contributed by atoms with van der Waals surface area (Å²) in [5, 5.41) is 10.3. The second-order valence-corrected chi connectivity index (χ2v) is 5.00. The molecule has 0 saturated heterocycles. The molecule has 0 saturated carbocycles. The number of benzene rings is 1. The van der Waals surface area contributed by atoms with Crippen molar-refractivity contribution in [3.05, 3.63) is 35.0 Å². The molecular weight excluding hydrogens is 226 g/mol. The molecule has 1 N–H and O–H groups in total. The maximum absolute atomic E-state index is 11.2. The van der Waals surface area contributed by atoms with Gasteiger partial charge in [0, 0.05) is 23.1 Å². The fourth-order valence-corrected chi connectivity index (χ4v) is 2.41. The molecule has 0 fully saturated rings. The molecule has 3 heteroatoms. The van der Waals surface area contributed by atoms with Gasteiger partial charge in [0.25, 0.3) is 0 Å². The van der Waals surface area contributed by atoms with Crippen molar-refractivity contribution < 1.29 is 9.90 Å². The van der Waals surface area contributed by atoms with E-state index in [-0.39, 0.29) is 0 Å². The van der Waals surface area contributed by atoms with Gasteiger partial charge in [0.2, 0.25) is 0 Å². The summed E-state index contributed by atoms with van der Waals surface area (Å²) < 4.78 is 2.22. The SMILES string of the molecule is CCc1cn(C(C)C)c2cc(C)c(C(=O)O)cc12. The Labute approximate surface area is 107 Å². The highest BCUT2D eigenvalue weighted by Crippen LogP contribution is 2.28. The van der Waals surface area contributed by atoms with Gasteiger partial charge in [-0.05, 0) is 50.5 Å². The van der Waals surface area contributed by atoms with Crippen LogP contribution >= 0.6 is 0 Å². The zero-order valence-electron chi connectivity index (χ0n) is 11.3. The number of aryl methyl sites for hydroxylation is 2. The average Bonchev–Trinajstić information content (AvgIpc) is 2.65. The molecule has 0 aliphatic carbocycles. The van der Waals surface area contributed by atoms with Crippen LogP contribution < -0.4 is 0 Å². The fraction of sp³-hybridized carbons (Fsp3) is 0.400. The summed E-state index contributed by atoms with van der Waals surface area (Å²) in [5.41, 5.74) is 3.56. The number of rotatable bonds is 3. The summed E-state index contributed by atoms with van der Waals surface area (Å²) >= 11 is 0. The Bertz CT molecular complexity index is 608. The number of aromatic carboxylic acids is 1. The summed E-state index contributed by atoms with van der Waals surface area (Å²) in [6, 6.07) is 4.17. The minimum absolute atomic E-state index is 0.378. The van der Waals surface area contributed by atoms with Crippen molar-refractivity contribution in [2.75, 3.05) is 0 Å². The number of hydrogen-bond donors (Lipinski definition) is 1. The third kappa shape index (κ3) is 1.90. The topological polar surface area (TPSA) is 42.2 Å². The number of fused-ring (bicyclic) bond motifs is 1. The van der Waals surface area contributed by atoms with Crippen molar-refractivity contribution in [3.8, 4) is 0 Å². The standard InChI is InChI=1S/C15H19NO2/c1-5-11-8-16(9(2)3)14-6-10(4)12(15(17)18)7-13(11)14/h6-9H,5H2,1-4H3,(H,17,18). The lowest BCUT2D eigenvalue weighted by Crippen LogP contribution is -2.02. The van der Waals surface area contributed by atoms with Gasteiger partial charge in [0.1, 0.15) is 0 Å². The summed E-state index contributed by atoms with van der Waals surface area (Å²) in [7, 11) is 0. The molecule has 96 valence electrons. The third-order valence-electron chi connectivity index (χ3n) is 3.43. The molecule has 0 bridgehead atoms. The number of carboxylic acids is 1. The van der Waals surface area contributed by atoms with Crippen LogP contribution in [0.15, 0.2) is 18.3 Å². The molecule has 0 aliphatic rings. The molecule has 3 nitrogen and oxygen atoms in total. The summed E-state index contributed by atoms with van der Waals surface area (Å²) in [5.74, 6) is -0.853. The Hall–Kier alpha value is -1.77. The Balaban J connectivity index is 2.80. The Morgan fingerprint density at radius 2 is 2.06 bits per heavy atom. The van der Waals surface area contributed by atoms with Crippen molar-refractivity contribution in [1.29, 1.82) is 0 Å². The Morgan fingerprint density at radius 1 is 1.39 bits per heavy atom. The first kappa shape index (κ1) is 12.7. The molecule has 1 heterocycles. The smallest absolute Gasteiger partial charge is 0.335 e. The maximum Gasteiger partial charge on any atom is 0.335 e. The Morgan fingerprint density at radius 3 is 2.56 bits per heavy atom. The molecule has 2 aromatic rings. The van der Waals surface area contributed by atoms with Crippen molar-refractivity contribution in [2.45, 2.75) is 40.2 Å². The van der Waals surface area contributed by atoms with E-state index in [2.05, 4.69) is 31.5 Å². The predicted octanol–water partition coefficient (Wildman–Crippen LogP) is 3.79. The van der Waals surface area contributed by atoms with Gasteiger partial charge in [0.05, 0.1) is 5.56 Å². The number of carbonyl (C=O) groups is 1. The van der Waals surface area contributed by atoms with Crippen LogP contribution in [0.25, 0.3) is 10.9 Å². The molecule has 0 amide bonds. The monoisotopic (exact) mass is 245 g/mol. The van der Waals surface area contributed by atoms with Crippen LogP contribution in [-0.4, -0.2) is 15.6 Å². The predicted molar refractivity (Wildman–Crippen MR) is 73.4 cm³/mol. The number of carboxylic acid groups (broad SMARTS) is 1. The number of hydrogen-bond acceptors (Lipinski definition) is 1. The molecule has 0 atom stereocenters. The van der Waals surface area contributed by atoms with E-state index in [0.29, 0.717) is 11.6 Å². The van der Waals surface area contributed by atoms with E-state index in [9.17, 15) is 9.90 Å². The zero-order chi connectivity index (χ0) is 13.4. The molecule has 1 aromatic heterocycles. The lowest BCUT2D eigenvalue weighted by atomic mass is 10.0. The quantitative estimate of drug-likeness (QED) is 0.893. The van der Waals surface area contributed by atoms with Gasteiger partial charge in [-0.25, -0.2) is 4.79 Å². The minimum Gasteiger partial charge on any atom is -0.478 e. The highest BCUT2D eigenvalue weighted by Gasteiger charge is 2.14. The van der Waals surface area contributed by atoms with E-state index in [1.165, 1.54) is 5.56 Å². The lowest BCUT2D eigenvalue weighted by molar-refractivity contribution is 0.0696. The molecule has 0 unspecified atom stereocenters. The second kappa shape index (κ2) is 4.48. The normalized spacial score (nSPS) is 11.4. The van der Waals surface area contributed by atoms with Gasteiger partial charge in [-0.15, -0.1) is 0 Å². The van der Waals surface area contributed by atoms with Crippen molar-refractivity contribution >= 4 is 16.9 Å². The van der Waals surface area contributed by atoms with Crippen LogP contribution in [0.4, 0.5) is 0 Å². The maximum atomic E-state index is 11.2. The number of aromatic nitrogens is 1. The Kier molecular flexibility index (Phi) is 3.16. The summed E-state index contributed by atoms with van der Waals surface area (Å²) in [6.45, 7) is 8.23. The van der Waals surface area contributed by atoms with Gasteiger partial charge >= 0.3 is 5.97 Å². The first-order valence-electron chi connectivity index (χ1n) is 6.33. The highest BCUT2D eigenvalue weighted by molar-refractivity contribution is 5.96. The van der Waals surface area contributed by atoms with Gasteiger partial charge < -0.3 is 9.67 Å². The van der Waals surface area contributed by atoms with Gasteiger partial charge in [0.15, 0.2) is 0 Å². The van der Waals surface area contributed by atoms with Crippen LogP contribution in [-0.2, 0) is 6.42 Å². The van der Waals surface area contributed by atoms with E-state index in [4.69, 9.17) is 0 Å². The third-order valence-corrected chi connectivity index (χ3v) is 3.43. The molecule has 0 radical (unpaired) electrons. The van der Waals surface area contributed by atoms with Gasteiger partial charge in [-0.1, -0.05) is 6.92 Å². The average molecular weight is 245 g/mol. The van der Waals surface area contributed by atoms with Gasteiger partial charge in [-0.3, -0.25) is 0 Å². The fourth-order valence-electron chi connectivity index (χ4n) is 2.41. The molecule has 1 aromatic carbocycles. The van der Waals surface area contributed by atoms with Gasteiger partial charge in [-0.2, -0.15) is 0 Å². The van der Waals surface area contributed by atoms with E-state index in [0.717, 1.165) is 22.9 Å². The molecule has 0 spiro atoms. The second-order valence-electron chi connectivity index (χ2n) is 5.00. The van der Waals surface area contributed by atoms with E-state index in [1.54, 1.807) is 0 Å². The largest absolute Gasteiger partial charge is 0.478 e. The molecular formula is C15H19NO2. The molecule has 2 rings (SSSR count). The number of nitrogens with zero attached hydrogens (tertiary/aromatic N) is 1. The van der Waals surface area contributed by atoms with Crippen LogP contribution in [0.3, 0.4) is 0 Å². The lowest BCUT2D eigenvalue weighted by Gasteiger charge is -2.10. The van der Waals surface area contributed by atoms with Crippen LogP contribution in [0.2, 0.25) is 0 Å². The van der Waals surface area contributed by atoms with Crippen molar-refractivity contribution in [3.63, 3.8) is 0 Å². The van der Waals surface area contributed by atoms with E-state index in [1.807, 2.05) is 19.1 Å².